The largest absolute Gasteiger partial charge is 0.385 e. The van der Waals surface area contributed by atoms with Crippen molar-refractivity contribution < 1.29 is 0 Å². The number of nitrogens with one attached hydrogen (secondary N) is 1. The van der Waals surface area contributed by atoms with Gasteiger partial charge in [-0.1, -0.05) is 6.07 Å². The van der Waals surface area contributed by atoms with Gasteiger partial charge in [0.15, 0.2) is 0 Å². The summed E-state index contributed by atoms with van der Waals surface area (Å²) >= 11 is 0. The molecule has 2 aliphatic heterocycles. The highest BCUT2D eigenvalue weighted by Crippen LogP contribution is 2.37. The van der Waals surface area contributed by atoms with Crippen molar-refractivity contribution in [2.45, 2.75) is 39.2 Å². The summed E-state index contributed by atoms with van der Waals surface area (Å²) < 4.78 is 0. The molecule has 0 amide bonds. The number of hydrogen-bond donors (Lipinski definition) is 1. The van der Waals surface area contributed by atoms with Crippen LogP contribution in [-0.4, -0.2) is 24.5 Å². The molecule has 2 heterocycles. The van der Waals surface area contributed by atoms with Gasteiger partial charge in [0, 0.05) is 18.3 Å². The highest BCUT2D eigenvalue weighted by Gasteiger charge is 2.27. The Kier molecular flexibility index (Phi) is 2.83. The van der Waals surface area contributed by atoms with Gasteiger partial charge in [-0.15, -0.1) is 0 Å². The normalized spacial score (nSPS) is 24.5. The smallest absolute Gasteiger partial charge is 0.0391 e. The minimum atomic E-state index is 0.660. The van der Waals surface area contributed by atoms with Gasteiger partial charge < -0.3 is 5.32 Å². The van der Waals surface area contributed by atoms with E-state index < -0.39 is 0 Å². The molecule has 3 rings (SSSR count). The number of rotatable bonds is 1. The minimum Gasteiger partial charge on any atom is -0.385 e. The van der Waals surface area contributed by atoms with Gasteiger partial charge >= 0.3 is 0 Å². The number of hydrogen-bond acceptors (Lipinski definition) is 2. The lowest BCUT2D eigenvalue weighted by Crippen LogP contribution is -2.31. The van der Waals surface area contributed by atoms with Crippen LogP contribution in [0.3, 0.4) is 0 Å². The van der Waals surface area contributed by atoms with Crippen LogP contribution >= 0.6 is 0 Å². The summed E-state index contributed by atoms with van der Waals surface area (Å²) in [4.78, 5) is 2.68. The van der Waals surface area contributed by atoms with Gasteiger partial charge in [-0.2, -0.15) is 0 Å². The molecule has 0 aliphatic carbocycles. The quantitative estimate of drug-likeness (QED) is 0.796. The Hall–Kier alpha value is -1.02. The van der Waals surface area contributed by atoms with Crippen molar-refractivity contribution in [2.75, 3.05) is 25.0 Å². The Labute approximate surface area is 104 Å². The molecule has 1 atom stereocenters. The lowest BCUT2D eigenvalue weighted by molar-refractivity contribution is 0.234. The first-order valence-corrected chi connectivity index (χ1v) is 6.85. The van der Waals surface area contributed by atoms with Crippen molar-refractivity contribution in [1.29, 1.82) is 0 Å². The molecule has 2 nitrogen and oxygen atoms in total. The number of benzene rings is 1. The van der Waals surface area contributed by atoms with E-state index in [1.165, 1.54) is 54.7 Å². The highest BCUT2D eigenvalue weighted by molar-refractivity contribution is 5.58. The average Bonchev–Trinajstić information content (AvgIpc) is 2.83. The van der Waals surface area contributed by atoms with E-state index in [1.807, 2.05) is 0 Å². The number of aryl methyl sites for hydroxylation is 2. The van der Waals surface area contributed by atoms with Crippen LogP contribution in [0.25, 0.3) is 0 Å². The van der Waals surface area contributed by atoms with E-state index in [0.29, 0.717) is 6.04 Å². The third-order valence-electron chi connectivity index (χ3n) is 4.34. The lowest BCUT2D eigenvalue weighted by Gasteiger charge is -2.34. The van der Waals surface area contributed by atoms with E-state index in [4.69, 9.17) is 0 Å². The first-order chi connectivity index (χ1) is 8.25. The Morgan fingerprint density at radius 3 is 2.59 bits per heavy atom. The zero-order chi connectivity index (χ0) is 11.8. The summed E-state index contributed by atoms with van der Waals surface area (Å²) in [6, 6.07) is 5.39. The van der Waals surface area contributed by atoms with Gasteiger partial charge in [0.1, 0.15) is 0 Å². The molecule has 2 aliphatic rings. The summed E-state index contributed by atoms with van der Waals surface area (Å²) in [5.74, 6) is 0. The number of anilines is 1. The molecular formula is C15H22N2. The molecule has 1 N–H and O–H groups in total. The predicted octanol–water partition coefficient (Wildman–Crippen LogP) is 3.26. The topological polar surface area (TPSA) is 15.3 Å². The molecule has 17 heavy (non-hydrogen) atoms. The Balaban J connectivity index is 1.97. The zero-order valence-electron chi connectivity index (χ0n) is 10.9. The van der Waals surface area contributed by atoms with Gasteiger partial charge in [0.25, 0.3) is 0 Å². The van der Waals surface area contributed by atoms with Crippen LogP contribution in [-0.2, 0) is 0 Å². The maximum atomic E-state index is 3.56. The van der Waals surface area contributed by atoms with E-state index in [9.17, 15) is 0 Å². The summed E-state index contributed by atoms with van der Waals surface area (Å²) in [5.41, 5.74) is 5.73. The minimum absolute atomic E-state index is 0.660. The monoisotopic (exact) mass is 230 g/mol. The van der Waals surface area contributed by atoms with Crippen LogP contribution in [0.4, 0.5) is 5.69 Å². The number of nitrogens with zero attached hydrogens (tertiary/aromatic N) is 1. The van der Waals surface area contributed by atoms with Crippen molar-refractivity contribution in [3.05, 3.63) is 28.8 Å². The summed E-state index contributed by atoms with van der Waals surface area (Å²) in [6.07, 6.45) is 4.02. The summed E-state index contributed by atoms with van der Waals surface area (Å²) in [6.45, 7) is 8.13. The fourth-order valence-electron chi connectivity index (χ4n) is 3.20. The molecule has 92 valence electrons. The molecule has 0 saturated carbocycles. The zero-order valence-corrected chi connectivity index (χ0v) is 10.9. The molecule has 1 fully saturated rings. The SMILES string of the molecule is Cc1cc2c(cc1C)C(N1CCCC1)CCN2. The van der Waals surface area contributed by atoms with E-state index in [1.54, 1.807) is 0 Å². The maximum absolute atomic E-state index is 3.56. The molecule has 1 aromatic carbocycles. The van der Waals surface area contributed by atoms with Crippen LogP contribution in [0.5, 0.6) is 0 Å². The number of likely N-dealkylation sites (tertiary alicyclic amines) is 1. The lowest BCUT2D eigenvalue weighted by atomic mass is 9.93. The predicted molar refractivity (Wildman–Crippen MR) is 72.6 cm³/mol. The van der Waals surface area contributed by atoms with Crippen molar-refractivity contribution in [3.8, 4) is 0 Å². The van der Waals surface area contributed by atoms with Crippen molar-refractivity contribution >= 4 is 5.69 Å². The summed E-state index contributed by atoms with van der Waals surface area (Å²) in [5, 5.41) is 3.56. The van der Waals surface area contributed by atoms with Gasteiger partial charge in [0.05, 0.1) is 0 Å². The van der Waals surface area contributed by atoms with Crippen LogP contribution in [0.1, 0.15) is 42.0 Å². The second-order valence-electron chi connectivity index (χ2n) is 5.50. The molecular weight excluding hydrogens is 208 g/mol. The van der Waals surface area contributed by atoms with Crippen LogP contribution in [0, 0.1) is 13.8 Å². The summed E-state index contributed by atoms with van der Waals surface area (Å²) in [7, 11) is 0. The molecule has 0 radical (unpaired) electrons. The molecule has 0 aromatic heterocycles. The standard InChI is InChI=1S/C15H22N2/c1-11-9-13-14(10-12(11)2)16-6-5-15(13)17-7-3-4-8-17/h9-10,15-16H,3-8H2,1-2H3. The second kappa shape index (κ2) is 4.34. The molecule has 2 heteroatoms. The first-order valence-electron chi connectivity index (χ1n) is 6.85. The molecule has 1 aromatic rings. The van der Waals surface area contributed by atoms with Crippen LogP contribution in [0.15, 0.2) is 12.1 Å². The van der Waals surface area contributed by atoms with Crippen LogP contribution in [0.2, 0.25) is 0 Å². The van der Waals surface area contributed by atoms with E-state index in [2.05, 4.69) is 36.2 Å². The Bertz CT molecular complexity index is 419. The Morgan fingerprint density at radius 1 is 1.12 bits per heavy atom. The van der Waals surface area contributed by atoms with E-state index in [-0.39, 0.29) is 0 Å². The molecule has 0 bridgehead atoms. The molecule has 1 saturated heterocycles. The van der Waals surface area contributed by atoms with Gasteiger partial charge in [-0.3, -0.25) is 4.90 Å². The highest BCUT2D eigenvalue weighted by atomic mass is 15.2. The van der Waals surface area contributed by atoms with Gasteiger partial charge in [-0.05, 0) is 69.0 Å². The fourth-order valence-corrected chi connectivity index (χ4v) is 3.20. The second-order valence-corrected chi connectivity index (χ2v) is 5.50. The Morgan fingerprint density at radius 2 is 1.82 bits per heavy atom. The third-order valence-corrected chi connectivity index (χ3v) is 4.34. The number of fused-ring (bicyclic) bond motifs is 1. The molecule has 1 unspecified atom stereocenters. The third kappa shape index (κ3) is 1.95. The average molecular weight is 230 g/mol. The van der Waals surface area contributed by atoms with Crippen molar-refractivity contribution in [1.82, 2.24) is 4.90 Å². The molecule has 0 spiro atoms. The van der Waals surface area contributed by atoms with E-state index >= 15 is 0 Å². The van der Waals surface area contributed by atoms with Crippen molar-refractivity contribution in [2.24, 2.45) is 0 Å². The first kappa shape index (κ1) is 11.1. The van der Waals surface area contributed by atoms with Gasteiger partial charge in [0.2, 0.25) is 0 Å². The van der Waals surface area contributed by atoms with Crippen LogP contribution < -0.4 is 5.32 Å². The maximum Gasteiger partial charge on any atom is 0.0391 e. The van der Waals surface area contributed by atoms with Gasteiger partial charge in [-0.25, -0.2) is 0 Å². The van der Waals surface area contributed by atoms with Crippen molar-refractivity contribution in [3.63, 3.8) is 0 Å². The van der Waals surface area contributed by atoms with E-state index in [0.717, 1.165) is 6.54 Å². The fraction of sp³-hybridized carbons (Fsp3) is 0.600.